The number of halogens is 1. The van der Waals surface area contributed by atoms with Crippen molar-refractivity contribution in [1.82, 2.24) is 4.90 Å². The van der Waals surface area contributed by atoms with Crippen molar-refractivity contribution in [2.75, 3.05) is 11.9 Å². The first-order chi connectivity index (χ1) is 14.9. The molecule has 2 aliphatic rings. The van der Waals surface area contributed by atoms with Crippen LogP contribution in [0.4, 0.5) is 14.9 Å². The van der Waals surface area contributed by atoms with Crippen molar-refractivity contribution >= 4 is 23.5 Å². The van der Waals surface area contributed by atoms with Gasteiger partial charge in [0.15, 0.2) is 5.78 Å². The Hall–Kier alpha value is -3.99. The van der Waals surface area contributed by atoms with Gasteiger partial charge in [-0.05, 0) is 41.8 Å². The molecular formula is C23H18FN3O4. The number of allylic oxidation sites excluding steroid dienone is 1. The van der Waals surface area contributed by atoms with E-state index in [2.05, 4.69) is 0 Å². The highest BCUT2D eigenvalue weighted by atomic mass is 19.1. The predicted octanol–water partition coefficient (Wildman–Crippen LogP) is 3.96. The second-order valence-corrected chi connectivity index (χ2v) is 7.44. The van der Waals surface area contributed by atoms with Crippen LogP contribution in [0.3, 0.4) is 0 Å². The van der Waals surface area contributed by atoms with E-state index in [0.717, 1.165) is 0 Å². The summed E-state index contributed by atoms with van der Waals surface area (Å²) < 4.78 is 13.2. The number of alkyl halides is 1. The maximum atomic E-state index is 13.4. The molecule has 1 N–H and O–H groups in total. The molecule has 156 valence electrons. The van der Waals surface area contributed by atoms with E-state index in [9.17, 15) is 23.9 Å². The number of nitrogens with zero attached hydrogens (tertiary/aromatic N) is 3. The first-order valence-electron chi connectivity index (χ1n) is 9.62. The van der Waals surface area contributed by atoms with E-state index in [0.29, 0.717) is 28.9 Å². The molecule has 31 heavy (non-hydrogen) atoms. The third-order valence-corrected chi connectivity index (χ3v) is 5.65. The average Bonchev–Trinajstić information content (AvgIpc) is 3.15. The number of Topliss-reactive ketones (excluding diaryl/α,β-unsaturated/α-hetero) is 1. The zero-order valence-electron chi connectivity index (χ0n) is 16.6. The summed E-state index contributed by atoms with van der Waals surface area (Å²) in [7, 11) is 1.50. The van der Waals surface area contributed by atoms with Gasteiger partial charge in [0.1, 0.15) is 6.67 Å². The number of anilines is 1. The van der Waals surface area contributed by atoms with Crippen LogP contribution < -0.4 is 4.90 Å². The maximum Gasteiger partial charge on any atom is 0.336 e. The highest BCUT2D eigenvalue weighted by molar-refractivity contribution is 6.08. The number of carbonyl (C=O) groups is 3. The van der Waals surface area contributed by atoms with Crippen LogP contribution in [0.2, 0.25) is 0 Å². The van der Waals surface area contributed by atoms with E-state index in [-0.39, 0.29) is 28.9 Å². The van der Waals surface area contributed by atoms with Gasteiger partial charge in [-0.25, -0.2) is 14.0 Å². The molecule has 0 spiro atoms. The molecule has 2 aromatic rings. The largest absolute Gasteiger partial charge is 0.478 e. The van der Waals surface area contributed by atoms with Gasteiger partial charge in [0.25, 0.3) is 0 Å². The lowest BCUT2D eigenvalue weighted by molar-refractivity contribution is -0.115. The monoisotopic (exact) mass is 419 g/mol. The fourth-order valence-corrected chi connectivity index (χ4v) is 4.24. The molecule has 0 bridgehead atoms. The minimum Gasteiger partial charge on any atom is -0.478 e. The minimum absolute atomic E-state index is 0.136. The summed E-state index contributed by atoms with van der Waals surface area (Å²) in [6.45, 7) is -0.688. The third kappa shape index (κ3) is 3.24. The van der Waals surface area contributed by atoms with E-state index in [1.54, 1.807) is 24.3 Å². The number of ketones is 1. The number of hydrogen-bond donors (Lipinski definition) is 1. The van der Waals surface area contributed by atoms with Crippen LogP contribution >= 0.6 is 0 Å². The van der Waals surface area contributed by atoms with E-state index in [4.69, 9.17) is 5.26 Å². The molecule has 0 saturated heterocycles. The van der Waals surface area contributed by atoms with Crippen molar-refractivity contribution < 1.29 is 23.9 Å². The molecule has 0 radical (unpaired) electrons. The van der Waals surface area contributed by atoms with Crippen molar-refractivity contribution in [3.05, 3.63) is 76.0 Å². The van der Waals surface area contributed by atoms with Crippen LogP contribution in [0, 0.1) is 11.3 Å². The molecule has 1 aliphatic heterocycles. The molecular weight excluding hydrogens is 401 g/mol. The van der Waals surface area contributed by atoms with Gasteiger partial charge < -0.3 is 10.0 Å². The fourth-order valence-electron chi connectivity index (χ4n) is 4.24. The number of likely N-dealkylation sites (N-methyl/N-ethyl adjacent to an activating group) is 1. The molecule has 0 fully saturated rings. The van der Waals surface area contributed by atoms with Gasteiger partial charge in [-0.1, -0.05) is 18.2 Å². The van der Waals surface area contributed by atoms with E-state index in [1.165, 1.54) is 35.0 Å². The van der Waals surface area contributed by atoms with Crippen LogP contribution in [-0.4, -0.2) is 34.8 Å². The second kappa shape index (κ2) is 7.69. The molecule has 0 saturated carbocycles. The van der Waals surface area contributed by atoms with Gasteiger partial charge in [0.2, 0.25) is 0 Å². The normalized spacial score (nSPS) is 18.3. The number of rotatable bonds is 4. The van der Waals surface area contributed by atoms with Crippen molar-refractivity contribution in [3.8, 4) is 6.07 Å². The van der Waals surface area contributed by atoms with Crippen molar-refractivity contribution in [2.24, 2.45) is 0 Å². The average molecular weight is 419 g/mol. The Balaban J connectivity index is 1.92. The second-order valence-electron chi connectivity index (χ2n) is 7.44. The first kappa shape index (κ1) is 20.3. The molecule has 4 rings (SSSR count). The molecule has 7 nitrogen and oxygen atoms in total. The Labute approximate surface area is 177 Å². The van der Waals surface area contributed by atoms with Gasteiger partial charge in [-0.2, -0.15) is 5.26 Å². The van der Waals surface area contributed by atoms with Crippen molar-refractivity contribution in [1.29, 1.82) is 5.26 Å². The quantitative estimate of drug-likeness (QED) is 0.808. The summed E-state index contributed by atoms with van der Waals surface area (Å²) >= 11 is 0. The Morgan fingerprint density at radius 1 is 1.23 bits per heavy atom. The van der Waals surface area contributed by atoms with Gasteiger partial charge >= 0.3 is 12.0 Å². The molecule has 0 aromatic heterocycles. The lowest BCUT2D eigenvalue weighted by Crippen LogP contribution is -2.48. The van der Waals surface area contributed by atoms with Crippen LogP contribution in [-0.2, 0) is 11.5 Å². The number of urea groups is 1. The Morgan fingerprint density at radius 2 is 2.00 bits per heavy atom. The summed E-state index contributed by atoms with van der Waals surface area (Å²) in [5.74, 6) is -1.43. The maximum absolute atomic E-state index is 13.4. The van der Waals surface area contributed by atoms with Gasteiger partial charge in [0, 0.05) is 24.7 Å². The molecule has 1 atom stereocenters. The van der Waals surface area contributed by atoms with Crippen LogP contribution in [0.5, 0.6) is 0 Å². The van der Waals surface area contributed by atoms with Gasteiger partial charge in [0.05, 0.1) is 28.9 Å². The van der Waals surface area contributed by atoms with Crippen LogP contribution in [0.15, 0.2) is 53.7 Å². The van der Waals surface area contributed by atoms with Gasteiger partial charge in [-0.15, -0.1) is 0 Å². The van der Waals surface area contributed by atoms with Crippen LogP contribution in [0.1, 0.15) is 45.9 Å². The third-order valence-electron chi connectivity index (χ3n) is 5.65. The number of aromatic carboxylic acids is 1. The number of carboxylic acids is 1. The summed E-state index contributed by atoms with van der Waals surface area (Å²) in [4.78, 5) is 40.9. The summed E-state index contributed by atoms with van der Waals surface area (Å²) in [5.41, 5.74) is 2.00. The lowest BCUT2D eigenvalue weighted by Gasteiger charge is -2.40. The number of amides is 2. The van der Waals surface area contributed by atoms with Crippen molar-refractivity contribution in [2.45, 2.75) is 25.6 Å². The molecule has 1 heterocycles. The number of nitriles is 1. The van der Waals surface area contributed by atoms with Gasteiger partial charge in [-0.3, -0.25) is 9.69 Å². The summed E-state index contributed by atoms with van der Waals surface area (Å²) in [6, 6.07) is 11.2. The Bertz CT molecular complexity index is 1200. The number of carbonyl (C=O) groups excluding carboxylic acids is 2. The SMILES string of the molecule is CN1C(=O)N(c2cccc(CF)c2)C2=C(C(=O)CC2)[C@H]1c1ccc(C#N)cc1C(=O)O. The zero-order chi connectivity index (χ0) is 22.3. The summed E-state index contributed by atoms with van der Waals surface area (Å²) in [5, 5.41) is 18.8. The van der Waals surface area contributed by atoms with Crippen LogP contribution in [0.25, 0.3) is 0 Å². The molecule has 0 unspecified atom stereocenters. The van der Waals surface area contributed by atoms with E-state index in [1.807, 2.05) is 6.07 Å². The fraction of sp³-hybridized carbons (Fsp3) is 0.217. The molecule has 2 amide bonds. The Morgan fingerprint density at radius 3 is 2.68 bits per heavy atom. The number of benzene rings is 2. The smallest absolute Gasteiger partial charge is 0.336 e. The minimum atomic E-state index is -1.25. The standard InChI is InChI=1S/C23H18FN3O4/c1-26-21(16-6-5-14(12-25)10-17(16)22(29)30)20-18(7-8-19(20)28)27(23(26)31)15-4-2-3-13(9-15)11-24/h2-6,9-10,21H,7-8,11H2,1H3,(H,29,30)/t21-/m1/s1. The van der Waals surface area contributed by atoms with E-state index >= 15 is 0 Å². The Kier molecular flexibility index (Phi) is 5.03. The highest BCUT2D eigenvalue weighted by Crippen LogP contribution is 2.45. The summed E-state index contributed by atoms with van der Waals surface area (Å²) in [6.07, 6.45) is 0.517. The predicted molar refractivity (Wildman–Crippen MR) is 109 cm³/mol. The number of hydrogen-bond acceptors (Lipinski definition) is 4. The van der Waals surface area contributed by atoms with E-state index < -0.39 is 24.7 Å². The topological polar surface area (TPSA) is 102 Å². The number of carboxylic acid groups (broad SMARTS) is 1. The molecule has 1 aliphatic carbocycles. The first-order valence-corrected chi connectivity index (χ1v) is 9.62. The molecule has 2 aromatic carbocycles. The zero-order valence-corrected chi connectivity index (χ0v) is 16.6. The highest BCUT2D eigenvalue weighted by Gasteiger charge is 2.45. The van der Waals surface area contributed by atoms with Crippen molar-refractivity contribution in [3.63, 3.8) is 0 Å². The molecule has 8 heteroatoms. The lowest BCUT2D eigenvalue weighted by atomic mass is 9.89.